The maximum Gasteiger partial charge on any atom is 0.0323 e. The lowest BCUT2D eigenvalue weighted by Crippen LogP contribution is -2.35. The molecular weight excluding hydrogens is 226 g/mol. The fraction of sp³-hybridized carbons (Fsp3) is 0.600. The second-order valence-corrected chi connectivity index (χ2v) is 7.00. The lowest BCUT2D eigenvalue weighted by Gasteiger charge is -2.30. The number of hydrogen-bond acceptors (Lipinski definition) is 2. The van der Waals surface area contributed by atoms with Gasteiger partial charge >= 0.3 is 0 Å². The van der Waals surface area contributed by atoms with Crippen LogP contribution in [0.15, 0.2) is 24.3 Å². The third-order valence-electron chi connectivity index (χ3n) is 3.70. The van der Waals surface area contributed by atoms with Gasteiger partial charge in [0.05, 0.1) is 0 Å². The molecule has 0 amide bonds. The van der Waals surface area contributed by atoms with E-state index in [0.717, 1.165) is 6.54 Å². The molecule has 1 atom stereocenters. The Balaban J connectivity index is 2.04. The van der Waals surface area contributed by atoms with Crippen LogP contribution in [-0.2, 0) is 6.42 Å². The van der Waals surface area contributed by atoms with Crippen molar-refractivity contribution in [3.8, 4) is 0 Å². The van der Waals surface area contributed by atoms with Gasteiger partial charge in [0.15, 0.2) is 0 Å². The molecule has 0 saturated heterocycles. The van der Waals surface area contributed by atoms with Gasteiger partial charge in [-0.2, -0.15) is 11.8 Å². The molecule has 2 heteroatoms. The summed E-state index contributed by atoms with van der Waals surface area (Å²) in [6.45, 7) is 5.69. The van der Waals surface area contributed by atoms with Crippen LogP contribution in [-0.4, -0.2) is 17.5 Å². The Kier molecular flexibility index (Phi) is 4.16. The molecule has 0 spiro atoms. The third-order valence-corrected chi connectivity index (χ3v) is 4.95. The zero-order valence-corrected chi connectivity index (χ0v) is 11.9. The Morgan fingerprint density at radius 1 is 1.35 bits per heavy atom. The van der Waals surface area contributed by atoms with E-state index in [9.17, 15) is 0 Å². The van der Waals surface area contributed by atoms with Crippen LogP contribution in [0.25, 0.3) is 0 Å². The molecule has 1 aliphatic rings. The zero-order valence-electron chi connectivity index (χ0n) is 11.1. The molecule has 1 aromatic rings. The van der Waals surface area contributed by atoms with Gasteiger partial charge in [-0.15, -0.1) is 0 Å². The fourth-order valence-corrected chi connectivity index (χ4v) is 2.63. The van der Waals surface area contributed by atoms with E-state index < -0.39 is 0 Å². The third kappa shape index (κ3) is 3.26. The Morgan fingerprint density at radius 3 is 2.88 bits per heavy atom. The van der Waals surface area contributed by atoms with Crippen molar-refractivity contribution in [1.29, 1.82) is 0 Å². The number of thioether (sulfide) groups is 1. The first kappa shape index (κ1) is 13.0. The summed E-state index contributed by atoms with van der Waals surface area (Å²) in [7, 11) is 0. The Labute approximate surface area is 109 Å². The molecule has 0 saturated carbocycles. The molecule has 0 heterocycles. The van der Waals surface area contributed by atoms with Crippen LogP contribution >= 0.6 is 11.8 Å². The van der Waals surface area contributed by atoms with Crippen molar-refractivity contribution in [1.82, 2.24) is 5.32 Å². The van der Waals surface area contributed by atoms with Crippen molar-refractivity contribution in [3.05, 3.63) is 35.4 Å². The normalized spacial score (nSPS) is 20.1. The fourth-order valence-electron chi connectivity index (χ4n) is 2.41. The Morgan fingerprint density at radius 2 is 2.12 bits per heavy atom. The SMILES string of the molecule is CSC(C)(C)CNC1CCCc2ccccc21. The van der Waals surface area contributed by atoms with Gasteiger partial charge in [0.1, 0.15) is 0 Å². The van der Waals surface area contributed by atoms with Gasteiger partial charge < -0.3 is 5.32 Å². The van der Waals surface area contributed by atoms with Crippen molar-refractivity contribution >= 4 is 11.8 Å². The largest absolute Gasteiger partial charge is 0.309 e. The number of fused-ring (bicyclic) bond motifs is 1. The van der Waals surface area contributed by atoms with Crippen molar-refractivity contribution < 1.29 is 0 Å². The van der Waals surface area contributed by atoms with Crippen LogP contribution in [0.3, 0.4) is 0 Å². The summed E-state index contributed by atoms with van der Waals surface area (Å²) in [6, 6.07) is 9.46. The van der Waals surface area contributed by atoms with E-state index in [1.54, 1.807) is 5.56 Å². The molecule has 0 aliphatic heterocycles. The van der Waals surface area contributed by atoms with E-state index in [4.69, 9.17) is 0 Å². The predicted octanol–water partition coefficient (Wildman–Crippen LogP) is 3.80. The van der Waals surface area contributed by atoms with Gasteiger partial charge in [-0.25, -0.2) is 0 Å². The smallest absolute Gasteiger partial charge is 0.0323 e. The Hall–Kier alpha value is -0.470. The molecule has 1 nitrogen and oxygen atoms in total. The van der Waals surface area contributed by atoms with Gasteiger partial charge in [0.25, 0.3) is 0 Å². The maximum absolute atomic E-state index is 3.75. The summed E-state index contributed by atoms with van der Waals surface area (Å²) in [6.07, 6.45) is 6.03. The van der Waals surface area contributed by atoms with Gasteiger partial charge in [-0.05, 0) is 50.5 Å². The van der Waals surface area contributed by atoms with Crippen LogP contribution in [0.2, 0.25) is 0 Å². The minimum Gasteiger partial charge on any atom is -0.309 e. The molecule has 0 bridgehead atoms. The van der Waals surface area contributed by atoms with Gasteiger partial charge in [0.2, 0.25) is 0 Å². The van der Waals surface area contributed by atoms with E-state index in [1.165, 1.54) is 24.8 Å². The highest BCUT2D eigenvalue weighted by molar-refractivity contribution is 7.99. The quantitative estimate of drug-likeness (QED) is 0.871. The monoisotopic (exact) mass is 249 g/mol. The minimum absolute atomic E-state index is 0.326. The zero-order chi connectivity index (χ0) is 12.3. The lowest BCUT2D eigenvalue weighted by molar-refractivity contribution is 0.440. The van der Waals surface area contributed by atoms with Crippen LogP contribution in [0.1, 0.15) is 43.9 Å². The highest BCUT2D eigenvalue weighted by Crippen LogP contribution is 2.30. The number of rotatable bonds is 4. The average molecular weight is 249 g/mol. The standard InChI is InChI=1S/C15H23NS/c1-15(2,17-3)11-16-14-10-6-8-12-7-4-5-9-13(12)14/h4-5,7,9,14,16H,6,8,10-11H2,1-3H3. The summed E-state index contributed by atoms with van der Waals surface area (Å²) in [5.74, 6) is 0. The van der Waals surface area contributed by atoms with Crippen molar-refractivity contribution in [2.45, 2.75) is 43.9 Å². The number of nitrogens with one attached hydrogen (secondary N) is 1. The summed E-state index contributed by atoms with van der Waals surface area (Å²) in [4.78, 5) is 0. The number of hydrogen-bond donors (Lipinski definition) is 1. The molecule has 17 heavy (non-hydrogen) atoms. The molecule has 1 aliphatic carbocycles. The van der Waals surface area contributed by atoms with Gasteiger partial charge in [-0.3, -0.25) is 0 Å². The van der Waals surface area contributed by atoms with Crippen molar-refractivity contribution in [3.63, 3.8) is 0 Å². The first-order valence-electron chi connectivity index (χ1n) is 6.49. The van der Waals surface area contributed by atoms with E-state index >= 15 is 0 Å². The van der Waals surface area contributed by atoms with E-state index in [-0.39, 0.29) is 0 Å². The van der Waals surface area contributed by atoms with Crippen molar-refractivity contribution in [2.75, 3.05) is 12.8 Å². The summed E-state index contributed by atoms with van der Waals surface area (Å²) >= 11 is 1.93. The maximum atomic E-state index is 3.75. The molecule has 1 N–H and O–H groups in total. The van der Waals surface area contributed by atoms with Crippen LogP contribution < -0.4 is 5.32 Å². The highest BCUT2D eigenvalue weighted by atomic mass is 32.2. The molecule has 0 radical (unpaired) electrons. The molecule has 2 rings (SSSR count). The first-order valence-corrected chi connectivity index (χ1v) is 7.71. The van der Waals surface area contributed by atoms with Gasteiger partial charge in [0, 0.05) is 17.3 Å². The summed E-state index contributed by atoms with van der Waals surface area (Å²) in [5.41, 5.74) is 3.06. The topological polar surface area (TPSA) is 12.0 Å². The average Bonchev–Trinajstić information content (AvgIpc) is 2.36. The predicted molar refractivity (Wildman–Crippen MR) is 77.7 cm³/mol. The van der Waals surface area contributed by atoms with Gasteiger partial charge in [-0.1, -0.05) is 24.3 Å². The molecule has 1 aromatic carbocycles. The number of aryl methyl sites for hydroxylation is 1. The molecule has 1 unspecified atom stereocenters. The molecule has 94 valence electrons. The second kappa shape index (κ2) is 5.45. The molecule has 0 fully saturated rings. The van der Waals surface area contributed by atoms with E-state index in [1.807, 2.05) is 11.8 Å². The summed E-state index contributed by atoms with van der Waals surface area (Å²) < 4.78 is 0.326. The Bertz CT molecular complexity index is 373. The highest BCUT2D eigenvalue weighted by Gasteiger charge is 2.22. The van der Waals surface area contributed by atoms with E-state index in [0.29, 0.717) is 10.8 Å². The van der Waals surface area contributed by atoms with Crippen molar-refractivity contribution in [2.24, 2.45) is 0 Å². The number of benzene rings is 1. The lowest BCUT2D eigenvalue weighted by atomic mass is 9.87. The minimum atomic E-state index is 0.326. The van der Waals surface area contributed by atoms with E-state index in [2.05, 4.69) is 49.7 Å². The van der Waals surface area contributed by atoms with Crippen LogP contribution in [0.4, 0.5) is 0 Å². The summed E-state index contributed by atoms with van der Waals surface area (Å²) in [5, 5.41) is 3.75. The van der Waals surface area contributed by atoms with Crippen LogP contribution in [0.5, 0.6) is 0 Å². The molecule has 0 aromatic heterocycles. The molecular formula is C15H23NS. The second-order valence-electron chi connectivity index (χ2n) is 5.49. The van der Waals surface area contributed by atoms with Crippen LogP contribution in [0, 0.1) is 0 Å². The first-order chi connectivity index (χ1) is 8.12.